The van der Waals surface area contributed by atoms with Gasteiger partial charge in [0.2, 0.25) is 10.0 Å². The van der Waals surface area contributed by atoms with E-state index in [4.69, 9.17) is 5.73 Å². The Labute approximate surface area is 162 Å². The van der Waals surface area contributed by atoms with Crippen LogP contribution in [0.3, 0.4) is 0 Å². The van der Waals surface area contributed by atoms with Gasteiger partial charge in [-0.2, -0.15) is 4.31 Å². The minimum atomic E-state index is -3.70. The first kappa shape index (κ1) is 21.6. The molecular formula is C21H30N2O3S. The molecule has 2 unspecified atom stereocenters. The normalized spacial score (nSPS) is 14.5. The molecule has 2 atom stereocenters. The minimum absolute atomic E-state index is 0.0254. The highest BCUT2D eigenvalue weighted by Gasteiger charge is 2.29. The van der Waals surface area contributed by atoms with E-state index in [1.165, 1.54) is 4.31 Å². The van der Waals surface area contributed by atoms with Gasteiger partial charge in [-0.1, -0.05) is 61.9 Å². The average Bonchev–Trinajstić information content (AvgIpc) is 2.62. The average molecular weight is 391 g/mol. The van der Waals surface area contributed by atoms with Gasteiger partial charge in [0.05, 0.1) is 11.0 Å². The lowest BCUT2D eigenvalue weighted by Crippen LogP contribution is -2.47. The lowest BCUT2D eigenvalue weighted by Gasteiger charge is -2.28. The highest BCUT2D eigenvalue weighted by Crippen LogP contribution is 2.19. The van der Waals surface area contributed by atoms with E-state index < -0.39 is 22.2 Å². The largest absolute Gasteiger partial charge is 0.390 e. The number of rotatable bonds is 9. The molecule has 0 heterocycles. The summed E-state index contributed by atoms with van der Waals surface area (Å²) in [6.07, 6.45) is -0.466. The van der Waals surface area contributed by atoms with Gasteiger partial charge < -0.3 is 10.8 Å². The van der Waals surface area contributed by atoms with Crippen molar-refractivity contribution in [1.29, 1.82) is 0 Å². The predicted octanol–water partition coefficient (Wildman–Crippen LogP) is 2.57. The minimum Gasteiger partial charge on any atom is -0.390 e. The van der Waals surface area contributed by atoms with Gasteiger partial charge in [0.15, 0.2) is 0 Å². The van der Waals surface area contributed by atoms with Crippen molar-refractivity contribution in [1.82, 2.24) is 4.31 Å². The van der Waals surface area contributed by atoms with Crippen LogP contribution in [0.4, 0.5) is 0 Å². The Morgan fingerprint density at radius 3 is 2.15 bits per heavy atom. The summed E-state index contributed by atoms with van der Waals surface area (Å²) in [5.41, 5.74) is 8.17. The quantitative estimate of drug-likeness (QED) is 0.689. The molecule has 0 amide bonds. The fourth-order valence-electron chi connectivity index (χ4n) is 2.90. The Morgan fingerprint density at radius 2 is 1.59 bits per heavy atom. The number of nitrogens with two attached hydrogens (primary N) is 1. The molecule has 27 heavy (non-hydrogen) atoms. The molecule has 2 aromatic rings. The summed E-state index contributed by atoms with van der Waals surface area (Å²) in [6, 6.07) is 15.9. The summed E-state index contributed by atoms with van der Waals surface area (Å²) >= 11 is 0. The molecule has 0 saturated heterocycles. The van der Waals surface area contributed by atoms with Crippen molar-refractivity contribution in [2.75, 3.05) is 13.1 Å². The van der Waals surface area contributed by atoms with E-state index in [0.29, 0.717) is 13.0 Å². The molecule has 0 aromatic heterocycles. The molecule has 0 aliphatic rings. The van der Waals surface area contributed by atoms with Crippen LogP contribution >= 0.6 is 0 Å². The highest BCUT2D eigenvalue weighted by molar-refractivity contribution is 7.89. The van der Waals surface area contributed by atoms with Gasteiger partial charge in [-0.3, -0.25) is 0 Å². The molecule has 148 valence electrons. The first-order chi connectivity index (χ1) is 12.7. The van der Waals surface area contributed by atoms with Crippen molar-refractivity contribution in [3.05, 3.63) is 65.7 Å². The second kappa shape index (κ2) is 9.46. The van der Waals surface area contributed by atoms with Gasteiger partial charge in [0.25, 0.3) is 0 Å². The molecule has 0 aliphatic heterocycles. The van der Waals surface area contributed by atoms with E-state index in [-0.39, 0.29) is 17.4 Å². The van der Waals surface area contributed by atoms with Gasteiger partial charge in [0.1, 0.15) is 0 Å². The number of aliphatic hydroxyl groups is 1. The SMILES string of the molecule is Cc1ccc(S(=O)(=O)N(CC(C)C)CC(O)C(N)Cc2ccccc2)cc1. The van der Waals surface area contributed by atoms with E-state index in [1.54, 1.807) is 24.3 Å². The molecule has 2 aromatic carbocycles. The third kappa shape index (κ3) is 6.14. The van der Waals surface area contributed by atoms with Crippen LogP contribution in [0.5, 0.6) is 0 Å². The Balaban J connectivity index is 2.16. The fraction of sp³-hybridized carbons (Fsp3) is 0.429. The van der Waals surface area contributed by atoms with Gasteiger partial charge in [-0.15, -0.1) is 0 Å². The van der Waals surface area contributed by atoms with Gasteiger partial charge in [0, 0.05) is 19.1 Å². The van der Waals surface area contributed by atoms with E-state index >= 15 is 0 Å². The second-order valence-corrected chi connectivity index (χ2v) is 9.39. The van der Waals surface area contributed by atoms with Crippen LogP contribution in [0.25, 0.3) is 0 Å². The number of aliphatic hydroxyl groups excluding tert-OH is 1. The zero-order valence-corrected chi connectivity index (χ0v) is 17.1. The number of hydrogen-bond donors (Lipinski definition) is 2. The summed E-state index contributed by atoms with van der Waals surface area (Å²) in [7, 11) is -3.70. The van der Waals surface area contributed by atoms with Crippen LogP contribution in [0.1, 0.15) is 25.0 Å². The standard InChI is InChI=1S/C21H30N2O3S/c1-16(2)14-23(27(25,26)19-11-9-17(3)10-12-19)15-21(24)20(22)13-18-7-5-4-6-8-18/h4-12,16,20-21,24H,13-15,22H2,1-3H3. The van der Waals surface area contributed by atoms with Crippen LogP contribution in [0.2, 0.25) is 0 Å². The third-order valence-corrected chi connectivity index (χ3v) is 6.27. The van der Waals surface area contributed by atoms with Gasteiger partial charge in [-0.25, -0.2) is 8.42 Å². The molecule has 0 bridgehead atoms. The molecule has 0 radical (unpaired) electrons. The third-order valence-electron chi connectivity index (χ3n) is 4.43. The van der Waals surface area contributed by atoms with Crippen LogP contribution in [0, 0.1) is 12.8 Å². The smallest absolute Gasteiger partial charge is 0.243 e. The van der Waals surface area contributed by atoms with Crippen LogP contribution in [-0.4, -0.2) is 43.1 Å². The molecular weight excluding hydrogens is 360 g/mol. The summed E-state index contributed by atoms with van der Waals surface area (Å²) in [6.45, 7) is 6.12. The van der Waals surface area contributed by atoms with Gasteiger partial charge >= 0.3 is 0 Å². The van der Waals surface area contributed by atoms with Crippen molar-refractivity contribution in [3.63, 3.8) is 0 Å². The maximum absolute atomic E-state index is 13.1. The number of sulfonamides is 1. The number of hydrogen-bond acceptors (Lipinski definition) is 4. The van der Waals surface area contributed by atoms with Crippen LogP contribution in [0.15, 0.2) is 59.5 Å². The molecule has 0 fully saturated rings. The first-order valence-electron chi connectivity index (χ1n) is 9.24. The van der Waals surface area contributed by atoms with Crippen molar-refractivity contribution < 1.29 is 13.5 Å². The lowest BCUT2D eigenvalue weighted by molar-refractivity contribution is 0.116. The molecule has 0 saturated carbocycles. The zero-order chi connectivity index (χ0) is 20.0. The predicted molar refractivity (Wildman–Crippen MR) is 109 cm³/mol. The topological polar surface area (TPSA) is 83.6 Å². The van der Waals surface area contributed by atoms with Crippen molar-refractivity contribution in [2.24, 2.45) is 11.7 Å². The van der Waals surface area contributed by atoms with Gasteiger partial charge in [-0.05, 0) is 37.0 Å². The number of benzene rings is 2. The Morgan fingerprint density at radius 1 is 1.00 bits per heavy atom. The Kier molecular flexibility index (Phi) is 7.56. The van der Waals surface area contributed by atoms with E-state index in [0.717, 1.165) is 11.1 Å². The maximum atomic E-state index is 13.1. The lowest BCUT2D eigenvalue weighted by atomic mass is 10.0. The molecule has 5 nitrogen and oxygen atoms in total. The molecule has 6 heteroatoms. The maximum Gasteiger partial charge on any atom is 0.243 e. The molecule has 2 rings (SSSR count). The monoisotopic (exact) mass is 390 g/mol. The summed E-state index contributed by atoms with van der Waals surface area (Å²) in [5, 5.41) is 10.6. The van der Waals surface area contributed by atoms with Crippen molar-refractivity contribution in [2.45, 2.75) is 44.2 Å². The van der Waals surface area contributed by atoms with E-state index in [1.807, 2.05) is 51.1 Å². The van der Waals surface area contributed by atoms with Crippen LogP contribution in [-0.2, 0) is 16.4 Å². The van der Waals surface area contributed by atoms with E-state index in [2.05, 4.69) is 0 Å². The summed E-state index contributed by atoms with van der Waals surface area (Å²) in [4.78, 5) is 0.234. The van der Waals surface area contributed by atoms with Crippen LogP contribution < -0.4 is 5.73 Å². The molecule has 3 N–H and O–H groups in total. The zero-order valence-electron chi connectivity index (χ0n) is 16.2. The summed E-state index contributed by atoms with van der Waals surface area (Å²) in [5.74, 6) is 0.128. The Hall–Kier alpha value is -1.73. The highest BCUT2D eigenvalue weighted by atomic mass is 32.2. The van der Waals surface area contributed by atoms with E-state index in [9.17, 15) is 13.5 Å². The Bertz CT molecular complexity index is 805. The van der Waals surface area contributed by atoms with Crippen molar-refractivity contribution in [3.8, 4) is 0 Å². The first-order valence-corrected chi connectivity index (χ1v) is 10.7. The van der Waals surface area contributed by atoms with Crippen molar-refractivity contribution >= 4 is 10.0 Å². The summed E-state index contributed by atoms with van der Waals surface area (Å²) < 4.78 is 27.5. The fourth-order valence-corrected chi connectivity index (χ4v) is 4.53. The second-order valence-electron chi connectivity index (χ2n) is 7.45. The number of aryl methyl sites for hydroxylation is 1. The molecule has 0 spiro atoms. The number of nitrogens with zero attached hydrogens (tertiary/aromatic N) is 1. The molecule has 0 aliphatic carbocycles.